The maximum Gasteiger partial charge on any atom is 0.425 e. The fourth-order valence-corrected chi connectivity index (χ4v) is 3.52. The summed E-state index contributed by atoms with van der Waals surface area (Å²) in [5.74, 6) is -2.51. The van der Waals surface area contributed by atoms with E-state index < -0.39 is 28.6 Å². The van der Waals surface area contributed by atoms with E-state index in [-0.39, 0.29) is 33.8 Å². The summed E-state index contributed by atoms with van der Waals surface area (Å²) >= 11 is 0. The molecule has 0 saturated heterocycles. The molecule has 4 rings (SSSR count). The number of non-ortho nitro benzene ring substituents is 1. The van der Waals surface area contributed by atoms with Gasteiger partial charge < -0.3 is 5.11 Å². The van der Waals surface area contributed by atoms with Crippen LogP contribution in [0.1, 0.15) is 20.8 Å². The molecule has 0 bridgehead atoms. The first-order chi connectivity index (χ1) is 17.7. The Morgan fingerprint density at radius 3 is 2.24 bits per heavy atom. The minimum Gasteiger partial charge on any atom is -0.464 e. The SMILES string of the molecule is O=C(O)Nn1nc(-c2ccccc2)c(-c2cccc([N+](=O)[O-])c2)c1C(=O)NNC(=O)c1cccc(F)c1. The van der Waals surface area contributed by atoms with Gasteiger partial charge in [0.2, 0.25) is 0 Å². The summed E-state index contributed by atoms with van der Waals surface area (Å²) in [5.41, 5.74) is 6.40. The number of nitrogens with one attached hydrogen (secondary N) is 3. The summed E-state index contributed by atoms with van der Waals surface area (Å²) in [5, 5.41) is 24.9. The number of nitro benzene ring substituents is 1. The molecule has 12 nitrogen and oxygen atoms in total. The first-order valence-corrected chi connectivity index (χ1v) is 10.5. The van der Waals surface area contributed by atoms with Crippen LogP contribution in [0.2, 0.25) is 0 Å². The fraction of sp³-hybridized carbons (Fsp3) is 0. The van der Waals surface area contributed by atoms with Gasteiger partial charge in [-0.3, -0.25) is 30.6 Å². The van der Waals surface area contributed by atoms with Crippen LogP contribution in [0.4, 0.5) is 14.9 Å². The van der Waals surface area contributed by atoms with E-state index >= 15 is 0 Å². The van der Waals surface area contributed by atoms with E-state index in [4.69, 9.17) is 0 Å². The van der Waals surface area contributed by atoms with Gasteiger partial charge in [-0.15, -0.1) is 0 Å². The maximum absolute atomic E-state index is 13.5. The number of aromatic nitrogens is 2. The molecular weight excluding hydrogens is 487 g/mol. The van der Waals surface area contributed by atoms with E-state index in [2.05, 4.69) is 16.0 Å². The first-order valence-electron chi connectivity index (χ1n) is 10.5. The number of hydrazine groups is 1. The van der Waals surface area contributed by atoms with Gasteiger partial charge >= 0.3 is 6.09 Å². The van der Waals surface area contributed by atoms with Crippen molar-refractivity contribution < 1.29 is 28.8 Å². The predicted octanol–water partition coefficient (Wildman–Crippen LogP) is 3.56. The number of nitro groups is 1. The van der Waals surface area contributed by atoms with Crippen LogP contribution >= 0.6 is 0 Å². The molecular formula is C24H17FN6O6. The number of carbonyl (C=O) groups is 3. The van der Waals surface area contributed by atoms with E-state index in [9.17, 15) is 34.0 Å². The molecule has 0 saturated carbocycles. The van der Waals surface area contributed by atoms with Gasteiger partial charge in [-0.2, -0.15) is 9.89 Å². The van der Waals surface area contributed by atoms with Crippen molar-refractivity contribution in [2.45, 2.75) is 0 Å². The smallest absolute Gasteiger partial charge is 0.425 e. The Bertz CT molecular complexity index is 1520. The van der Waals surface area contributed by atoms with Crippen LogP contribution in [0.5, 0.6) is 0 Å². The zero-order valence-corrected chi connectivity index (χ0v) is 18.7. The Morgan fingerprint density at radius 1 is 0.892 bits per heavy atom. The molecule has 0 atom stereocenters. The molecule has 0 radical (unpaired) electrons. The highest BCUT2D eigenvalue weighted by Gasteiger charge is 2.28. The molecule has 0 aliphatic heterocycles. The second kappa shape index (κ2) is 10.4. The summed E-state index contributed by atoms with van der Waals surface area (Å²) in [6.07, 6.45) is -1.55. The van der Waals surface area contributed by atoms with Crippen molar-refractivity contribution in [3.05, 3.63) is 106 Å². The number of nitrogens with zero attached hydrogens (tertiary/aromatic N) is 3. The number of carboxylic acid groups (broad SMARTS) is 1. The molecule has 0 aliphatic rings. The van der Waals surface area contributed by atoms with Gasteiger partial charge in [-0.05, 0) is 23.8 Å². The van der Waals surface area contributed by atoms with Crippen molar-refractivity contribution in [2.24, 2.45) is 0 Å². The van der Waals surface area contributed by atoms with Crippen molar-refractivity contribution in [3.63, 3.8) is 0 Å². The summed E-state index contributed by atoms with van der Waals surface area (Å²) in [7, 11) is 0. The highest BCUT2D eigenvalue weighted by molar-refractivity contribution is 6.05. The summed E-state index contributed by atoms with van der Waals surface area (Å²) in [6.45, 7) is 0. The van der Waals surface area contributed by atoms with E-state index in [1.807, 2.05) is 5.43 Å². The largest absolute Gasteiger partial charge is 0.464 e. The lowest BCUT2D eigenvalue weighted by molar-refractivity contribution is -0.384. The molecule has 3 amide bonds. The van der Waals surface area contributed by atoms with Crippen molar-refractivity contribution in [3.8, 4) is 22.4 Å². The van der Waals surface area contributed by atoms with Crippen LogP contribution in [0.3, 0.4) is 0 Å². The zero-order valence-electron chi connectivity index (χ0n) is 18.7. The summed E-state index contributed by atoms with van der Waals surface area (Å²) in [4.78, 5) is 48.6. The molecule has 0 fully saturated rings. The van der Waals surface area contributed by atoms with Crippen molar-refractivity contribution in [1.29, 1.82) is 0 Å². The van der Waals surface area contributed by atoms with E-state index in [0.29, 0.717) is 10.4 Å². The second-order valence-electron chi connectivity index (χ2n) is 7.49. The lowest BCUT2D eigenvalue weighted by atomic mass is 9.98. The molecule has 1 heterocycles. The maximum atomic E-state index is 13.5. The Labute approximate surface area is 207 Å². The minimum absolute atomic E-state index is 0.0566. The van der Waals surface area contributed by atoms with Crippen LogP contribution in [0, 0.1) is 15.9 Å². The molecule has 186 valence electrons. The average molecular weight is 504 g/mol. The monoisotopic (exact) mass is 504 g/mol. The van der Waals surface area contributed by atoms with Crippen molar-refractivity contribution in [2.75, 3.05) is 5.43 Å². The van der Waals surface area contributed by atoms with E-state index in [1.165, 1.54) is 36.4 Å². The second-order valence-corrected chi connectivity index (χ2v) is 7.49. The number of benzene rings is 3. The number of hydrogen-bond donors (Lipinski definition) is 4. The van der Waals surface area contributed by atoms with Gasteiger partial charge in [-0.25, -0.2) is 14.6 Å². The standard InChI is InChI=1S/C24H17FN6O6/c25-17-10-4-9-16(12-17)22(32)26-27-23(33)21-19(15-8-5-11-18(13-15)31(36)37)20(14-6-2-1-3-7-14)28-30(21)29-24(34)35/h1-13,29H,(H,26,32)(H,27,33)(H,34,35). The summed E-state index contributed by atoms with van der Waals surface area (Å²) < 4.78 is 13.5. The lowest BCUT2D eigenvalue weighted by Gasteiger charge is -2.11. The minimum atomic E-state index is -1.55. The number of carbonyl (C=O) groups excluding carboxylic acids is 2. The molecule has 3 aromatic carbocycles. The number of halogens is 1. The third-order valence-electron chi connectivity index (χ3n) is 5.07. The quantitative estimate of drug-likeness (QED) is 0.230. The van der Waals surface area contributed by atoms with Gasteiger partial charge in [0, 0.05) is 28.8 Å². The first kappa shape index (κ1) is 24.5. The molecule has 0 unspecified atom stereocenters. The lowest BCUT2D eigenvalue weighted by Crippen LogP contribution is -2.43. The Kier molecular flexibility index (Phi) is 6.86. The third-order valence-corrected chi connectivity index (χ3v) is 5.07. The Hall–Kier alpha value is -5.59. The van der Waals surface area contributed by atoms with Crippen LogP contribution < -0.4 is 16.3 Å². The van der Waals surface area contributed by atoms with Crippen LogP contribution in [-0.4, -0.2) is 37.8 Å². The van der Waals surface area contributed by atoms with Gasteiger partial charge in [0.15, 0.2) is 5.69 Å². The highest BCUT2D eigenvalue weighted by atomic mass is 19.1. The Morgan fingerprint density at radius 2 is 1.57 bits per heavy atom. The molecule has 13 heteroatoms. The predicted molar refractivity (Wildman–Crippen MR) is 128 cm³/mol. The summed E-state index contributed by atoms with van der Waals surface area (Å²) in [6, 6.07) is 18.5. The number of hydrogen-bond acceptors (Lipinski definition) is 6. The van der Waals surface area contributed by atoms with E-state index in [1.54, 1.807) is 30.3 Å². The van der Waals surface area contributed by atoms with Crippen LogP contribution in [0.25, 0.3) is 22.4 Å². The van der Waals surface area contributed by atoms with Crippen molar-refractivity contribution in [1.82, 2.24) is 20.7 Å². The van der Waals surface area contributed by atoms with Gasteiger partial charge in [-0.1, -0.05) is 48.5 Å². The molecule has 1 aromatic heterocycles. The van der Waals surface area contributed by atoms with Gasteiger partial charge in [0.25, 0.3) is 17.5 Å². The van der Waals surface area contributed by atoms with E-state index in [0.717, 1.165) is 12.1 Å². The topological polar surface area (TPSA) is 168 Å². The molecule has 0 spiro atoms. The zero-order chi connectivity index (χ0) is 26.5. The van der Waals surface area contributed by atoms with Crippen LogP contribution in [-0.2, 0) is 0 Å². The molecule has 4 aromatic rings. The molecule has 4 N–H and O–H groups in total. The number of amides is 3. The molecule has 37 heavy (non-hydrogen) atoms. The van der Waals surface area contributed by atoms with Crippen LogP contribution in [0.15, 0.2) is 78.9 Å². The highest BCUT2D eigenvalue weighted by Crippen LogP contribution is 2.35. The fourth-order valence-electron chi connectivity index (χ4n) is 3.52. The average Bonchev–Trinajstić information content (AvgIpc) is 3.26. The van der Waals surface area contributed by atoms with Gasteiger partial charge in [0.1, 0.15) is 11.5 Å². The number of rotatable bonds is 6. The normalized spacial score (nSPS) is 10.4. The van der Waals surface area contributed by atoms with Crippen molar-refractivity contribution >= 4 is 23.6 Å². The molecule has 0 aliphatic carbocycles. The Balaban J connectivity index is 1.82. The third kappa shape index (κ3) is 5.40. The van der Waals surface area contributed by atoms with Gasteiger partial charge in [0.05, 0.1) is 4.92 Å².